The van der Waals surface area contributed by atoms with E-state index in [0.717, 1.165) is 16.9 Å². The van der Waals surface area contributed by atoms with Crippen molar-refractivity contribution in [2.24, 2.45) is 0 Å². The van der Waals surface area contributed by atoms with Crippen molar-refractivity contribution in [3.8, 4) is 11.5 Å². The van der Waals surface area contributed by atoms with Crippen molar-refractivity contribution >= 4 is 11.8 Å². The van der Waals surface area contributed by atoms with Gasteiger partial charge in [0.2, 0.25) is 5.91 Å². The lowest BCUT2D eigenvalue weighted by atomic mass is 10.0. The zero-order valence-electron chi connectivity index (χ0n) is 21.0. The Bertz CT molecular complexity index is 916. The second-order valence-electron chi connectivity index (χ2n) is 9.51. The fourth-order valence-electron chi connectivity index (χ4n) is 3.61. The minimum atomic E-state index is -0.609. The first-order valence-electron chi connectivity index (χ1n) is 11.5. The van der Waals surface area contributed by atoms with Gasteiger partial charge in [-0.2, -0.15) is 0 Å². The smallest absolute Gasteiger partial charge is 0.261 e. The highest BCUT2D eigenvalue weighted by molar-refractivity contribution is 5.88. The number of nitrogens with one attached hydrogen (secondary N) is 1. The molecular weight excluding hydrogens is 416 g/mol. The standard InChI is InChI=1S/C27H38N2O4/c1-8-23(26(31)28-27(4,5)6)29(17-20-13-15-21(32-7)16-14-20)25(30)18-33-24-12-10-9-11-22(24)19(2)3/h9-16,19,23H,8,17-18H2,1-7H3,(H,28,31). The monoisotopic (exact) mass is 454 g/mol. The lowest BCUT2D eigenvalue weighted by Gasteiger charge is -2.33. The highest BCUT2D eigenvalue weighted by Gasteiger charge is 2.31. The lowest BCUT2D eigenvalue weighted by molar-refractivity contribution is -0.143. The highest BCUT2D eigenvalue weighted by atomic mass is 16.5. The molecule has 0 saturated carbocycles. The number of amides is 2. The minimum Gasteiger partial charge on any atom is -0.497 e. The van der Waals surface area contributed by atoms with Crippen molar-refractivity contribution in [1.29, 1.82) is 0 Å². The zero-order chi connectivity index (χ0) is 24.6. The van der Waals surface area contributed by atoms with E-state index in [1.54, 1.807) is 12.0 Å². The van der Waals surface area contributed by atoms with Gasteiger partial charge in [0, 0.05) is 12.1 Å². The first-order chi connectivity index (χ1) is 15.6. The zero-order valence-corrected chi connectivity index (χ0v) is 21.0. The summed E-state index contributed by atoms with van der Waals surface area (Å²) in [6.45, 7) is 12.0. The van der Waals surface area contributed by atoms with Gasteiger partial charge >= 0.3 is 0 Å². The van der Waals surface area contributed by atoms with E-state index in [2.05, 4.69) is 19.2 Å². The second kappa shape index (κ2) is 11.7. The van der Waals surface area contributed by atoms with Crippen LogP contribution in [0.2, 0.25) is 0 Å². The van der Waals surface area contributed by atoms with Gasteiger partial charge in [-0.1, -0.05) is 51.1 Å². The van der Waals surface area contributed by atoms with E-state index >= 15 is 0 Å². The molecule has 6 nitrogen and oxygen atoms in total. The van der Waals surface area contributed by atoms with E-state index in [-0.39, 0.29) is 24.3 Å². The number of methoxy groups -OCH3 is 1. The van der Waals surface area contributed by atoms with Crippen LogP contribution in [-0.2, 0) is 16.1 Å². The van der Waals surface area contributed by atoms with Gasteiger partial charge in [0.1, 0.15) is 17.5 Å². The molecule has 0 aliphatic carbocycles. The summed E-state index contributed by atoms with van der Waals surface area (Å²) in [5, 5.41) is 3.01. The summed E-state index contributed by atoms with van der Waals surface area (Å²) in [7, 11) is 1.61. The number of carbonyl (C=O) groups is 2. The van der Waals surface area contributed by atoms with Gasteiger partial charge < -0.3 is 19.7 Å². The fourth-order valence-corrected chi connectivity index (χ4v) is 3.61. The third-order valence-electron chi connectivity index (χ3n) is 5.29. The molecule has 6 heteroatoms. The van der Waals surface area contributed by atoms with E-state index in [1.807, 2.05) is 76.2 Å². The van der Waals surface area contributed by atoms with Gasteiger partial charge in [-0.3, -0.25) is 9.59 Å². The van der Waals surface area contributed by atoms with Crippen molar-refractivity contribution in [3.63, 3.8) is 0 Å². The first kappa shape index (κ1) is 26.2. The van der Waals surface area contributed by atoms with Crippen molar-refractivity contribution in [3.05, 3.63) is 59.7 Å². The Labute approximate surface area is 198 Å². The van der Waals surface area contributed by atoms with E-state index in [4.69, 9.17) is 9.47 Å². The van der Waals surface area contributed by atoms with E-state index in [0.29, 0.717) is 18.7 Å². The van der Waals surface area contributed by atoms with E-state index < -0.39 is 11.6 Å². The summed E-state index contributed by atoms with van der Waals surface area (Å²) >= 11 is 0. The molecule has 0 bridgehead atoms. The molecular formula is C27H38N2O4. The van der Waals surface area contributed by atoms with Crippen LogP contribution in [0.4, 0.5) is 0 Å². The number of para-hydroxylation sites is 1. The minimum absolute atomic E-state index is 0.140. The maximum absolute atomic E-state index is 13.4. The Morgan fingerprint density at radius 3 is 2.21 bits per heavy atom. The predicted molar refractivity (Wildman–Crippen MR) is 132 cm³/mol. The van der Waals surface area contributed by atoms with Gasteiger partial charge in [0.15, 0.2) is 6.61 Å². The molecule has 33 heavy (non-hydrogen) atoms. The number of hydrogen-bond donors (Lipinski definition) is 1. The third kappa shape index (κ3) is 7.81. The SMILES string of the molecule is CCC(C(=O)NC(C)(C)C)N(Cc1ccc(OC)cc1)C(=O)COc1ccccc1C(C)C. The van der Waals surface area contributed by atoms with Crippen LogP contribution in [0.1, 0.15) is 65.0 Å². The summed E-state index contributed by atoms with van der Waals surface area (Å²) in [5.74, 6) is 1.29. The topological polar surface area (TPSA) is 67.9 Å². The Balaban J connectivity index is 2.27. The molecule has 0 aliphatic heterocycles. The number of benzene rings is 2. The van der Waals surface area contributed by atoms with Crippen LogP contribution < -0.4 is 14.8 Å². The summed E-state index contributed by atoms with van der Waals surface area (Å²) in [5.41, 5.74) is 1.56. The maximum atomic E-state index is 13.4. The summed E-state index contributed by atoms with van der Waals surface area (Å²) < 4.78 is 11.2. The molecule has 1 N–H and O–H groups in total. The van der Waals surface area contributed by atoms with Gasteiger partial charge in [-0.15, -0.1) is 0 Å². The average molecular weight is 455 g/mol. The van der Waals surface area contributed by atoms with Crippen LogP contribution in [0.15, 0.2) is 48.5 Å². The lowest BCUT2D eigenvalue weighted by Crippen LogP contribution is -2.54. The molecule has 2 aromatic carbocycles. The molecule has 0 fully saturated rings. The van der Waals surface area contributed by atoms with Crippen LogP contribution in [0.5, 0.6) is 11.5 Å². The maximum Gasteiger partial charge on any atom is 0.261 e. The molecule has 0 heterocycles. The summed E-state index contributed by atoms with van der Waals surface area (Å²) in [6, 6.07) is 14.6. The number of carbonyl (C=O) groups excluding carboxylic acids is 2. The molecule has 2 aromatic rings. The Morgan fingerprint density at radius 1 is 1.03 bits per heavy atom. The summed E-state index contributed by atoms with van der Waals surface area (Å²) in [4.78, 5) is 28.1. The largest absolute Gasteiger partial charge is 0.497 e. The molecule has 180 valence electrons. The van der Waals surface area contributed by atoms with Crippen molar-refractivity contribution in [1.82, 2.24) is 10.2 Å². The van der Waals surface area contributed by atoms with Gasteiger partial charge in [-0.05, 0) is 62.4 Å². The highest BCUT2D eigenvalue weighted by Crippen LogP contribution is 2.26. The van der Waals surface area contributed by atoms with Gasteiger partial charge in [0.05, 0.1) is 7.11 Å². The third-order valence-corrected chi connectivity index (χ3v) is 5.29. The van der Waals surface area contributed by atoms with E-state index in [9.17, 15) is 9.59 Å². The molecule has 0 spiro atoms. The van der Waals surface area contributed by atoms with Crippen LogP contribution in [-0.4, -0.2) is 42.0 Å². The van der Waals surface area contributed by atoms with Crippen LogP contribution in [0.3, 0.4) is 0 Å². The normalized spacial score (nSPS) is 12.2. The van der Waals surface area contributed by atoms with Crippen molar-refractivity contribution < 1.29 is 19.1 Å². The second-order valence-corrected chi connectivity index (χ2v) is 9.51. The molecule has 1 unspecified atom stereocenters. The number of nitrogens with zero attached hydrogens (tertiary/aromatic N) is 1. The van der Waals surface area contributed by atoms with Crippen LogP contribution in [0, 0.1) is 0 Å². The molecule has 0 aromatic heterocycles. The molecule has 0 radical (unpaired) electrons. The fraction of sp³-hybridized carbons (Fsp3) is 0.481. The Morgan fingerprint density at radius 2 is 1.67 bits per heavy atom. The first-order valence-corrected chi connectivity index (χ1v) is 11.5. The number of ether oxygens (including phenoxy) is 2. The predicted octanol–water partition coefficient (Wildman–Crippen LogP) is 4.92. The number of rotatable bonds is 10. The van der Waals surface area contributed by atoms with Gasteiger partial charge in [-0.25, -0.2) is 0 Å². The Kier molecular flexibility index (Phi) is 9.32. The van der Waals surface area contributed by atoms with E-state index in [1.165, 1.54) is 0 Å². The van der Waals surface area contributed by atoms with Crippen LogP contribution >= 0.6 is 0 Å². The Hall–Kier alpha value is -3.02. The number of hydrogen-bond acceptors (Lipinski definition) is 4. The van der Waals surface area contributed by atoms with Crippen molar-refractivity contribution in [2.45, 2.75) is 72.0 Å². The quantitative estimate of drug-likeness (QED) is 0.553. The molecule has 0 aliphatic rings. The molecule has 1 atom stereocenters. The molecule has 0 saturated heterocycles. The average Bonchev–Trinajstić information content (AvgIpc) is 2.76. The van der Waals surface area contributed by atoms with Crippen LogP contribution in [0.25, 0.3) is 0 Å². The molecule has 2 rings (SSSR count). The summed E-state index contributed by atoms with van der Waals surface area (Å²) in [6.07, 6.45) is 0.492. The molecule has 2 amide bonds. The van der Waals surface area contributed by atoms with Crippen molar-refractivity contribution in [2.75, 3.05) is 13.7 Å². The van der Waals surface area contributed by atoms with Gasteiger partial charge in [0.25, 0.3) is 5.91 Å².